The summed E-state index contributed by atoms with van der Waals surface area (Å²) >= 11 is 5.90. The molecule has 0 fully saturated rings. The third-order valence-electron chi connectivity index (χ3n) is 4.16. The fourth-order valence-electron chi connectivity index (χ4n) is 2.61. The van der Waals surface area contributed by atoms with Gasteiger partial charge in [-0.1, -0.05) is 43.6 Å². The van der Waals surface area contributed by atoms with Crippen molar-refractivity contribution in [2.75, 3.05) is 32.8 Å². The minimum absolute atomic E-state index is 0.632. The van der Waals surface area contributed by atoms with Gasteiger partial charge in [0.15, 0.2) is 0 Å². The summed E-state index contributed by atoms with van der Waals surface area (Å²) in [4.78, 5) is 2.40. The summed E-state index contributed by atoms with van der Waals surface area (Å²) in [5, 5.41) is 0.760. The molecule has 2 aromatic carbocycles. The van der Waals surface area contributed by atoms with E-state index in [1.807, 2.05) is 48.5 Å². The molecule has 0 aliphatic heterocycles. The Bertz CT molecular complexity index is 612. The normalized spacial score (nSPS) is 10.9. The number of benzene rings is 2. The Kier molecular flexibility index (Phi) is 8.64. The smallest absolute Gasteiger partial charge is 0.122 e. The lowest BCUT2D eigenvalue weighted by Crippen LogP contribution is -2.25. The predicted octanol–water partition coefficient (Wildman–Crippen LogP) is 5.07. The molecule has 4 heteroatoms. The zero-order valence-electron chi connectivity index (χ0n) is 15.2. The van der Waals surface area contributed by atoms with Crippen molar-refractivity contribution < 1.29 is 9.47 Å². The summed E-state index contributed by atoms with van der Waals surface area (Å²) in [7, 11) is 0. The van der Waals surface area contributed by atoms with Crippen LogP contribution in [0.5, 0.6) is 11.5 Å². The lowest BCUT2D eigenvalue weighted by atomic mass is 10.2. The van der Waals surface area contributed by atoms with Crippen molar-refractivity contribution in [2.24, 2.45) is 0 Å². The van der Waals surface area contributed by atoms with Crippen molar-refractivity contribution >= 4 is 11.6 Å². The third kappa shape index (κ3) is 7.37. The van der Waals surface area contributed by atoms with Crippen LogP contribution < -0.4 is 9.47 Å². The minimum Gasteiger partial charge on any atom is -0.493 e. The van der Waals surface area contributed by atoms with Crippen molar-refractivity contribution in [1.82, 2.24) is 4.90 Å². The fourth-order valence-corrected chi connectivity index (χ4v) is 2.74. The van der Waals surface area contributed by atoms with E-state index in [0.29, 0.717) is 6.61 Å². The Morgan fingerprint density at radius 2 is 1.52 bits per heavy atom. The van der Waals surface area contributed by atoms with Crippen LogP contribution in [0, 0.1) is 0 Å². The second-order valence-corrected chi connectivity index (χ2v) is 6.37. The maximum Gasteiger partial charge on any atom is 0.122 e. The summed E-state index contributed by atoms with van der Waals surface area (Å²) in [5.41, 5.74) is 1.22. The monoisotopic (exact) mass is 361 g/mol. The molecule has 0 amide bonds. The summed E-state index contributed by atoms with van der Waals surface area (Å²) in [5.74, 6) is 1.71. The van der Waals surface area contributed by atoms with Gasteiger partial charge in [-0.05, 0) is 49.3 Å². The van der Waals surface area contributed by atoms with Gasteiger partial charge >= 0.3 is 0 Å². The molecule has 0 spiro atoms. The highest BCUT2D eigenvalue weighted by Gasteiger charge is 2.01. The van der Waals surface area contributed by atoms with Gasteiger partial charge in [-0.25, -0.2) is 0 Å². The first-order valence-corrected chi connectivity index (χ1v) is 9.41. The summed E-state index contributed by atoms with van der Waals surface area (Å²) in [6, 6.07) is 15.7. The molecule has 0 saturated carbocycles. The first-order chi connectivity index (χ1) is 12.2. The second kappa shape index (κ2) is 11.0. The van der Waals surface area contributed by atoms with E-state index >= 15 is 0 Å². The van der Waals surface area contributed by atoms with E-state index in [1.165, 1.54) is 5.56 Å². The van der Waals surface area contributed by atoms with Gasteiger partial charge in [0.1, 0.15) is 11.5 Å². The molecule has 0 saturated heterocycles. The van der Waals surface area contributed by atoms with Crippen LogP contribution in [-0.4, -0.2) is 37.7 Å². The zero-order valence-corrected chi connectivity index (χ0v) is 16.0. The number of nitrogens with zero attached hydrogens (tertiary/aromatic N) is 1. The maximum absolute atomic E-state index is 5.90. The van der Waals surface area contributed by atoms with Crippen molar-refractivity contribution in [3.63, 3.8) is 0 Å². The standard InChI is InChI=1S/C21H28ClNO2/c1-3-23(4-2)14-6-15-24-20-7-5-8-21(17-20)25-16-13-18-9-11-19(22)12-10-18/h5,7-12,17H,3-4,6,13-16H2,1-2H3. The van der Waals surface area contributed by atoms with Gasteiger partial charge in [-0.2, -0.15) is 0 Å². The first-order valence-electron chi connectivity index (χ1n) is 9.03. The second-order valence-electron chi connectivity index (χ2n) is 5.93. The molecule has 25 heavy (non-hydrogen) atoms. The van der Waals surface area contributed by atoms with E-state index in [4.69, 9.17) is 21.1 Å². The largest absolute Gasteiger partial charge is 0.493 e. The van der Waals surface area contributed by atoms with E-state index in [0.717, 1.165) is 55.6 Å². The van der Waals surface area contributed by atoms with E-state index < -0.39 is 0 Å². The molecule has 0 bridgehead atoms. The number of hydrogen-bond donors (Lipinski definition) is 0. The molecule has 0 aliphatic rings. The van der Waals surface area contributed by atoms with Gasteiger partial charge in [0.2, 0.25) is 0 Å². The molecule has 136 valence electrons. The van der Waals surface area contributed by atoms with E-state index in [1.54, 1.807) is 0 Å². The molecule has 2 rings (SSSR count). The SMILES string of the molecule is CCN(CC)CCCOc1cccc(OCCc2ccc(Cl)cc2)c1. The van der Waals surface area contributed by atoms with Gasteiger partial charge in [-0.15, -0.1) is 0 Å². The molecule has 0 atom stereocenters. The van der Waals surface area contributed by atoms with Gasteiger partial charge in [0.25, 0.3) is 0 Å². The van der Waals surface area contributed by atoms with Crippen LogP contribution in [-0.2, 0) is 6.42 Å². The summed E-state index contributed by atoms with van der Waals surface area (Å²) < 4.78 is 11.7. The average molecular weight is 362 g/mol. The van der Waals surface area contributed by atoms with E-state index in [-0.39, 0.29) is 0 Å². The highest BCUT2D eigenvalue weighted by atomic mass is 35.5. The molecule has 0 unspecified atom stereocenters. The van der Waals surface area contributed by atoms with E-state index in [9.17, 15) is 0 Å². The maximum atomic E-state index is 5.90. The van der Waals surface area contributed by atoms with Gasteiger partial charge < -0.3 is 14.4 Å². The van der Waals surface area contributed by atoms with Crippen LogP contribution >= 0.6 is 11.6 Å². The molecule has 0 heterocycles. The Balaban J connectivity index is 1.72. The molecule has 3 nitrogen and oxygen atoms in total. The van der Waals surface area contributed by atoms with E-state index in [2.05, 4.69) is 18.7 Å². The fraction of sp³-hybridized carbons (Fsp3) is 0.429. The Morgan fingerprint density at radius 3 is 2.16 bits per heavy atom. The Morgan fingerprint density at radius 1 is 0.880 bits per heavy atom. The molecule has 2 aromatic rings. The van der Waals surface area contributed by atoms with Crippen LogP contribution in [0.2, 0.25) is 5.02 Å². The lowest BCUT2D eigenvalue weighted by molar-refractivity contribution is 0.248. The average Bonchev–Trinajstić information content (AvgIpc) is 2.64. The number of rotatable bonds is 11. The quantitative estimate of drug-likeness (QED) is 0.521. The Labute approximate surface area is 156 Å². The van der Waals surface area contributed by atoms with Crippen LogP contribution in [0.15, 0.2) is 48.5 Å². The highest BCUT2D eigenvalue weighted by Crippen LogP contribution is 2.20. The Hall–Kier alpha value is -1.71. The zero-order chi connectivity index (χ0) is 17.9. The van der Waals surface area contributed by atoms with Gasteiger partial charge in [0, 0.05) is 24.1 Å². The van der Waals surface area contributed by atoms with Crippen molar-refractivity contribution in [2.45, 2.75) is 26.7 Å². The van der Waals surface area contributed by atoms with Crippen LogP contribution in [0.1, 0.15) is 25.8 Å². The van der Waals surface area contributed by atoms with Gasteiger partial charge in [0.05, 0.1) is 13.2 Å². The minimum atomic E-state index is 0.632. The van der Waals surface area contributed by atoms with Crippen molar-refractivity contribution in [3.05, 3.63) is 59.1 Å². The number of ether oxygens (including phenoxy) is 2. The van der Waals surface area contributed by atoms with Crippen molar-refractivity contribution in [3.8, 4) is 11.5 Å². The topological polar surface area (TPSA) is 21.7 Å². The number of halogens is 1. The summed E-state index contributed by atoms with van der Waals surface area (Å²) in [6.07, 6.45) is 1.88. The lowest BCUT2D eigenvalue weighted by Gasteiger charge is -2.17. The molecular formula is C21H28ClNO2. The molecular weight excluding hydrogens is 334 g/mol. The van der Waals surface area contributed by atoms with Gasteiger partial charge in [-0.3, -0.25) is 0 Å². The van der Waals surface area contributed by atoms with Crippen molar-refractivity contribution in [1.29, 1.82) is 0 Å². The first kappa shape index (κ1) is 19.6. The molecule has 0 aromatic heterocycles. The molecule has 0 radical (unpaired) electrons. The molecule has 0 aliphatic carbocycles. The summed E-state index contributed by atoms with van der Waals surface area (Å²) in [6.45, 7) is 8.99. The highest BCUT2D eigenvalue weighted by molar-refractivity contribution is 6.30. The predicted molar refractivity (Wildman–Crippen MR) is 105 cm³/mol. The third-order valence-corrected chi connectivity index (χ3v) is 4.41. The van der Waals surface area contributed by atoms with Crippen LogP contribution in [0.4, 0.5) is 0 Å². The number of hydrogen-bond acceptors (Lipinski definition) is 3. The van der Waals surface area contributed by atoms with Crippen LogP contribution in [0.25, 0.3) is 0 Å². The van der Waals surface area contributed by atoms with Crippen LogP contribution in [0.3, 0.4) is 0 Å². The molecule has 0 N–H and O–H groups in total.